The van der Waals surface area contributed by atoms with Gasteiger partial charge in [0.25, 0.3) is 0 Å². The Bertz CT molecular complexity index is 531. The molecule has 4 heteroatoms. The molecule has 1 N–H and O–H groups in total. The first-order chi connectivity index (χ1) is 7.13. The second-order valence-corrected chi connectivity index (χ2v) is 4.20. The second kappa shape index (κ2) is 3.70. The van der Waals surface area contributed by atoms with Gasteiger partial charge in [0.15, 0.2) is 0 Å². The highest BCUT2D eigenvalue weighted by molar-refractivity contribution is 9.10. The maximum Gasteiger partial charge on any atom is 0.352 e. The van der Waals surface area contributed by atoms with E-state index in [9.17, 15) is 4.79 Å². The van der Waals surface area contributed by atoms with Gasteiger partial charge < -0.3 is 9.67 Å². The normalized spacial score (nSPS) is 10.8. The minimum Gasteiger partial charge on any atom is -0.477 e. The monoisotopic (exact) mass is 267 g/mol. The van der Waals surface area contributed by atoms with Crippen molar-refractivity contribution in [2.45, 2.75) is 13.5 Å². The predicted octanol–water partition coefficient (Wildman–Crippen LogP) is 3.12. The summed E-state index contributed by atoms with van der Waals surface area (Å²) in [5, 5.41) is 9.98. The van der Waals surface area contributed by atoms with Crippen molar-refractivity contribution in [2.75, 3.05) is 0 Å². The van der Waals surface area contributed by atoms with E-state index < -0.39 is 5.97 Å². The Morgan fingerprint density at radius 3 is 2.80 bits per heavy atom. The van der Waals surface area contributed by atoms with Crippen LogP contribution in [-0.2, 0) is 6.54 Å². The molecule has 15 heavy (non-hydrogen) atoms. The molecular weight excluding hydrogens is 258 g/mol. The van der Waals surface area contributed by atoms with Gasteiger partial charge in [0.1, 0.15) is 5.69 Å². The fourth-order valence-electron chi connectivity index (χ4n) is 1.76. The molecule has 0 aliphatic carbocycles. The van der Waals surface area contributed by atoms with Crippen molar-refractivity contribution in [3.8, 4) is 0 Å². The van der Waals surface area contributed by atoms with E-state index in [1.54, 1.807) is 10.6 Å². The summed E-state index contributed by atoms with van der Waals surface area (Å²) in [6.07, 6.45) is 0. The van der Waals surface area contributed by atoms with E-state index in [-0.39, 0.29) is 0 Å². The summed E-state index contributed by atoms with van der Waals surface area (Å²) in [6, 6.07) is 7.47. The maximum absolute atomic E-state index is 11.0. The Morgan fingerprint density at radius 1 is 1.47 bits per heavy atom. The molecule has 3 nitrogen and oxygen atoms in total. The minimum absolute atomic E-state index is 0.339. The van der Waals surface area contributed by atoms with Gasteiger partial charge >= 0.3 is 5.97 Å². The quantitative estimate of drug-likeness (QED) is 0.909. The number of carboxylic acid groups (broad SMARTS) is 1. The third-order valence-electron chi connectivity index (χ3n) is 2.40. The number of hydrogen-bond donors (Lipinski definition) is 1. The molecule has 1 aromatic carbocycles. The van der Waals surface area contributed by atoms with Crippen LogP contribution in [-0.4, -0.2) is 15.6 Å². The summed E-state index contributed by atoms with van der Waals surface area (Å²) < 4.78 is 2.75. The zero-order valence-corrected chi connectivity index (χ0v) is 9.78. The number of rotatable bonds is 2. The first-order valence-corrected chi connectivity index (χ1v) is 5.45. The molecule has 78 valence electrons. The average Bonchev–Trinajstić information content (AvgIpc) is 2.55. The van der Waals surface area contributed by atoms with Crippen LogP contribution in [0.4, 0.5) is 0 Å². The van der Waals surface area contributed by atoms with Gasteiger partial charge in [-0.3, -0.25) is 0 Å². The van der Waals surface area contributed by atoms with Crippen LogP contribution in [0.5, 0.6) is 0 Å². The first-order valence-electron chi connectivity index (χ1n) is 4.65. The van der Waals surface area contributed by atoms with Crippen LogP contribution in [0.2, 0.25) is 0 Å². The molecule has 2 aromatic rings. The Morgan fingerprint density at radius 2 is 2.20 bits per heavy atom. The van der Waals surface area contributed by atoms with Crippen LogP contribution < -0.4 is 0 Å². The Hall–Kier alpha value is -1.29. The maximum atomic E-state index is 11.0. The summed E-state index contributed by atoms with van der Waals surface area (Å²) in [5.41, 5.74) is 1.30. The van der Waals surface area contributed by atoms with Crippen LogP contribution in [0.3, 0.4) is 0 Å². The van der Waals surface area contributed by atoms with Gasteiger partial charge in [-0.1, -0.05) is 15.9 Å². The summed E-state index contributed by atoms with van der Waals surface area (Å²) >= 11 is 3.37. The smallest absolute Gasteiger partial charge is 0.352 e. The average molecular weight is 268 g/mol. The molecule has 0 radical (unpaired) electrons. The second-order valence-electron chi connectivity index (χ2n) is 3.28. The molecular formula is C11H10BrNO2. The van der Waals surface area contributed by atoms with Crippen LogP contribution in [0, 0.1) is 0 Å². The van der Waals surface area contributed by atoms with Crippen molar-refractivity contribution in [3.63, 3.8) is 0 Å². The predicted molar refractivity (Wildman–Crippen MR) is 62.3 cm³/mol. The van der Waals surface area contributed by atoms with Gasteiger partial charge in [0, 0.05) is 21.9 Å². The largest absolute Gasteiger partial charge is 0.477 e. The molecule has 0 bridgehead atoms. The lowest BCUT2D eigenvalue weighted by Crippen LogP contribution is -2.06. The minimum atomic E-state index is -0.885. The molecule has 0 unspecified atom stereocenters. The van der Waals surface area contributed by atoms with Crippen molar-refractivity contribution in [1.29, 1.82) is 0 Å². The summed E-state index contributed by atoms with van der Waals surface area (Å²) in [7, 11) is 0. The molecule has 0 fully saturated rings. The van der Waals surface area contributed by atoms with E-state index >= 15 is 0 Å². The molecule has 0 amide bonds. The van der Waals surface area contributed by atoms with Crippen LogP contribution in [0.25, 0.3) is 10.9 Å². The molecule has 0 saturated heterocycles. The van der Waals surface area contributed by atoms with E-state index in [1.165, 1.54) is 0 Å². The molecule has 0 saturated carbocycles. The Labute approximate surface area is 95.5 Å². The number of hydrogen-bond acceptors (Lipinski definition) is 1. The van der Waals surface area contributed by atoms with Crippen molar-refractivity contribution < 1.29 is 9.90 Å². The third kappa shape index (κ3) is 1.65. The molecule has 0 atom stereocenters. The van der Waals surface area contributed by atoms with Crippen LogP contribution in [0.15, 0.2) is 28.7 Å². The Kier molecular flexibility index (Phi) is 2.52. The summed E-state index contributed by atoms with van der Waals surface area (Å²) in [4.78, 5) is 11.0. The molecule has 1 aromatic heterocycles. The molecule has 1 heterocycles. The van der Waals surface area contributed by atoms with E-state index in [0.29, 0.717) is 12.2 Å². The zero-order chi connectivity index (χ0) is 11.0. The number of carbonyl (C=O) groups is 1. The van der Waals surface area contributed by atoms with Crippen molar-refractivity contribution in [1.82, 2.24) is 4.57 Å². The lowest BCUT2D eigenvalue weighted by molar-refractivity contribution is 0.0686. The lowest BCUT2D eigenvalue weighted by Gasteiger charge is -2.03. The molecule has 0 aliphatic rings. The number of aryl methyl sites for hydroxylation is 1. The van der Waals surface area contributed by atoms with Crippen LogP contribution in [0.1, 0.15) is 17.4 Å². The topological polar surface area (TPSA) is 42.2 Å². The highest BCUT2D eigenvalue weighted by Crippen LogP contribution is 2.23. The number of aromatic carboxylic acids is 1. The van der Waals surface area contributed by atoms with E-state index in [2.05, 4.69) is 15.9 Å². The summed E-state index contributed by atoms with van der Waals surface area (Å²) in [5.74, 6) is -0.885. The lowest BCUT2D eigenvalue weighted by atomic mass is 10.2. The van der Waals surface area contributed by atoms with Gasteiger partial charge in [-0.2, -0.15) is 0 Å². The molecule has 0 spiro atoms. The summed E-state index contributed by atoms with van der Waals surface area (Å²) in [6.45, 7) is 2.60. The number of carboxylic acids is 1. The zero-order valence-electron chi connectivity index (χ0n) is 8.20. The highest BCUT2D eigenvalue weighted by Gasteiger charge is 2.12. The Balaban J connectivity index is 2.78. The number of nitrogens with zero attached hydrogens (tertiary/aromatic N) is 1. The first kappa shape index (κ1) is 10.2. The molecule has 2 rings (SSSR count). The third-order valence-corrected chi connectivity index (χ3v) is 2.89. The number of benzene rings is 1. The van der Waals surface area contributed by atoms with E-state index in [0.717, 1.165) is 15.4 Å². The van der Waals surface area contributed by atoms with Gasteiger partial charge in [0.05, 0.1) is 0 Å². The van der Waals surface area contributed by atoms with Crippen molar-refractivity contribution in [2.24, 2.45) is 0 Å². The van der Waals surface area contributed by atoms with Gasteiger partial charge in [-0.05, 0) is 31.2 Å². The van der Waals surface area contributed by atoms with E-state index in [1.807, 2.05) is 25.1 Å². The SMILES string of the molecule is CCn1c(C(=O)O)cc2cc(Br)ccc21. The van der Waals surface area contributed by atoms with Gasteiger partial charge in [0.2, 0.25) is 0 Å². The number of aromatic nitrogens is 1. The van der Waals surface area contributed by atoms with Crippen molar-refractivity contribution in [3.05, 3.63) is 34.4 Å². The van der Waals surface area contributed by atoms with Crippen molar-refractivity contribution >= 4 is 32.8 Å². The van der Waals surface area contributed by atoms with Gasteiger partial charge in [-0.15, -0.1) is 0 Å². The molecule has 0 aliphatic heterocycles. The fourth-order valence-corrected chi connectivity index (χ4v) is 2.14. The number of fused-ring (bicyclic) bond motifs is 1. The van der Waals surface area contributed by atoms with E-state index in [4.69, 9.17) is 5.11 Å². The number of halogens is 1. The fraction of sp³-hybridized carbons (Fsp3) is 0.182. The highest BCUT2D eigenvalue weighted by atomic mass is 79.9. The van der Waals surface area contributed by atoms with Gasteiger partial charge in [-0.25, -0.2) is 4.79 Å². The van der Waals surface area contributed by atoms with Crippen LogP contribution >= 0.6 is 15.9 Å². The standard InChI is InChI=1S/C11H10BrNO2/c1-2-13-9-4-3-8(12)5-7(9)6-10(13)11(14)15/h3-6H,2H2,1H3,(H,14,15).